The average Bonchev–Trinajstić information content (AvgIpc) is 2.65. The van der Waals surface area contributed by atoms with Crippen LogP contribution in [-0.2, 0) is 6.54 Å². The summed E-state index contributed by atoms with van der Waals surface area (Å²) < 4.78 is 36.1. The van der Waals surface area contributed by atoms with Gasteiger partial charge in [0.25, 0.3) is 6.43 Å². The number of anilines is 1. The first kappa shape index (κ1) is 17.0. The van der Waals surface area contributed by atoms with Crippen LogP contribution in [0.25, 0.3) is 10.9 Å². The number of hydrogen-bond acceptors (Lipinski definition) is 4. The maximum Gasteiger partial charge on any atom is 0.263 e. The lowest BCUT2D eigenvalue weighted by Gasteiger charge is -2.12. The fourth-order valence-electron chi connectivity index (χ4n) is 2.56. The molecule has 2 aromatic carbocycles. The third kappa shape index (κ3) is 3.79. The van der Waals surface area contributed by atoms with E-state index >= 15 is 0 Å². The second-order valence-electron chi connectivity index (χ2n) is 5.48. The number of pyridine rings is 1. The highest BCUT2D eigenvalue weighted by molar-refractivity contribution is 5.81. The van der Waals surface area contributed by atoms with Gasteiger partial charge in [0.1, 0.15) is 17.3 Å². The van der Waals surface area contributed by atoms with Crippen molar-refractivity contribution in [3.05, 3.63) is 59.7 Å². The summed E-state index contributed by atoms with van der Waals surface area (Å²) >= 11 is 0. The van der Waals surface area contributed by atoms with E-state index in [-0.39, 0.29) is 5.56 Å². The molecule has 0 atom stereocenters. The summed E-state index contributed by atoms with van der Waals surface area (Å²) in [5.41, 5.74) is 1.62. The smallest absolute Gasteiger partial charge is 0.263 e. The monoisotopic (exact) mass is 344 g/mol. The maximum atomic E-state index is 12.8. The minimum absolute atomic E-state index is 0.00187. The van der Waals surface area contributed by atoms with Crippen LogP contribution in [0.15, 0.2) is 48.5 Å². The second kappa shape index (κ2) is 7.34. The molecule has 0 aliphatic heterocycles. The molecule has 0 unspecified atom stereocenters. The minimum Gasteiger partial charge on any atom is -0.497 e. The number of methoxy groups -OCH3 is 2. The van der Waals surface area contributed by atoms with Crippen molar-refractivity contribution in [2.24, 2.45) is 0 Å². The van der Waals surface area contributed by atoms with Crippen LogP contribution >= 0.6 is 0 Å². The molecule has 130 valence electrons. The molecule has 3 aromatic rings. The predicted molar refractivity (Wildman–Crippen MR) is 93.6 cm³/mol. The maximum absolute atomic E-state index is 12.8. The normalized spacial score (nSPS) is 10.9. The Morgan fingerprint density at radius 3 is 2.56 bits per heavy atom. The van der Waals surface area contributed by atoms with Crippen molar-refractivity contribution >= 4 is 16.7 Å². The number of rotatable bonds is 6. The van der Waals surface area contributed by atoms with Crippen LogP contribution in [0.1, 0.15) is 17.6 Å². The van der Waals surface area contributed by atoms with Gasteiger partial charge in [-0.1, -0.05) is 6.07 Å². The zero-order chi connectivity index (χ0) is 17.8. The Morgan fingerprint density at radius 1 is 1.00 bits per heavy atom. The first-order chi connectivity index (χ1) is 12.1. The topological polar surface area (TPSA) is 43.4 Å². The number of nitrogens with one attached hydrogen (secondary N) is 1. The Morgan fingerprint density at radius 2 is 1.84 bits per heavy atom. The zero-order valence-corrected chi connectivity index (χ0v) is 13.9. The first-order valence-electron chi connectivity index (χ1n) is 7.74. The molecule has 0 radical (unpaired) electrons. The molecular weight excluding hydrogens is 326 g/mol. The summed E-state index contributed by atoms with van der Waals surface area (Å²) in [7, 11) is 3.21. The predicted octanol–water partition coefficient (Wildman–Crippen LogP) is 4.80. The minimum atomic E-state index is -2.48. The van der Waals surface area contributed by atoms with E-state index in [4.69, 9.17) is 9.47 Å². The summed E-state index contributed by atoms with van der Waals surface area (Å²) in [6.45, 7) is 0.515. The lowest BCUT2D eigenvalue weighted by atomic mass is 10.1. The number of halogens is 2. The van der Waals surface area contributed by atoms with Crippen LogP contribution in [0.3, 0.4) is 0 Å². The molecule has 0 saturated carbocycles. The standard InChI is InChI=1S/C19H18F2N2O2/c1-24-15-6-3-14(17(10-15)25-2)11-22-18-8-5-12-9-13(19(20)21)4-7-16(12)23-18/h3-10,19H,11H2,1-2H3,(H,22,23). The molecule has 0 spiro atoms. The third-order valence-electron chi connectivity index (χ3n) is 3.92. The first-order valence-corrected chi connectivity index (χ1v) is 7.74. The summed E-state index contributed by atoms with van der Waals surface area (Å²) in [5.74, 6) is 2.10. The van der Waals surface area contributed by atoms with Crippen molar-refractivity contribution in [3.63, 3.8) is 0 Å². The van der Waals surface area contributed by atoms with Gasteiger partial charge in [0.15, 0.2) is 0 Å². The van der Waals surface area contributed by atoms with Crippen LogP contribution in [0, 0.1) is 0 Å². The molecule has 0 amide bonds. The van der Waals surface area contributed by atoms with Gasteiger partial charge in [0.05, 0.1) is 19.7 Å². The van der Waals surface area contributed by atoms with Crippen molar-refractivity contribution in [1.82, 2.24) is 4.98 Å². The highest BCUT2D eigenvalue weighted by Gasteiger charge is 2.09. The fraction of sp³-hybridized carbons (Fsp3) is 0.211. The van der Waals surface area contributed by atoms with E-state index in [2.05, 4.69) is 10.3 Å². The van der Waals surface area contributed by atoms with E-state index in [1.165, 1.54) is 12.1 Å². The van der Waals surface area contributed by atoms with Gasteiger partial charge >= 0.3 is 0 Å². The quantitative estimate of drug-likeness (QED) is 0.697. The largest absolute Gasteiger partial charge is 0.497 e. The summed E-state index contributed by atoms with van der Waals surface area (Å²) in [6.07, 6.45) is -2.48. The van der Waals surface area contributed by atoms with Gasteiger partial charge in [-0.05, 0) is 36.4 Å². The number of ether oxygens (including phenoxy) is 2. The van der Waals surface area contributed by atoms with E-state index in [9.17, 15) is 8.78 Å². The van der Waals surface area contributed by atoms with Gasteiger partial charge in [0.2, 0.25) is 0 Å². The van der Waals surface area contributed by atoms with Crippen LogP contribution in [0.5, 0.6) is 11.5 Å². The Hall–Kier alpha value is -2.89. The SMILES string of the molecule is COc1ccc(CNc2ccc3cc(C(F)F)ccc3n2)c(OC)c1. The van der Waals surface area contributed by atoms with Gasteiger partial charge in [-0.2, -0.15) is 0 Å². The highest BCUT2D eigenvalue weighted by atomic mass is 19.3. The van der Waals surface area contributed by atoms with Crippen molar-refractivity contribution in [2.75, 3.05) is 19.5 Å². The van der Waals surface area contributed by atoms with E-state index in [1.807, 2.05) is 18.2 Å². The van der Waals surface area contributed by atoms with Crippen LogP contribution < -0.4 is 14.8 Å². The molecule has 0 aliphatic rings. The molecule has 25 heavy (non-hydrogen) atoms. The number of aromatic nitrogens is 1. The second-order valence-corrected chi connectivity index (χ2v) is 5.48. The summed E-state index contributed by atoms with van der Waals surface area (Å²) in [6, 6.07) is 13.6. The Labute approximate surface area is 144 Å². The lowest BCUT2D eigenvalue weighted by Crippen LogP contribution is -2.03. The van der Waals surface area contributed by atoms with Crippen molar-refractivity contribution in [1.29, 1.82) is 0 Å². The van der Waals surface area contributed by atoms with Crippen molar-refractivity contribution < 1.29 is 18.3 Å². The molecule has 6 heteroatoms. The molecule has 1 heterocycles. The van der Waals surface area contributed by atoms with Gasteiger partial charge in [0, 0.05) is 29.1 Å². The number of alkyl halides is 2. The molecule has 0 bridgehead atoms. The lowest BCUT2D eigenvalue weighted by molar-refractivity contribution is 0.151. The van der Waals surface area contributed by atoms with E-state index in [0.29, 0.717) is 29.0 Å². The highest BCUT2D eigenvalue weighted by Crippen LogP contribution is 2.26. The Balaban J connectivity index is 1.78. The van der Waals surface area contributed by atoms with Gasteiger partial charge in [-0.25, -0.2) is 13.8 Å². The molecule has 0 fully saturated rings. The van der Waals surface area contributed by atoms with Gasteiger partial charge in [-0.15, -0.1) is 0 Å². The Bertz CT molecular complexity index is 884. The molecule has 3 rings (SSSR count). The third-order valence-corrected chi connectivity index (χ3v) is 3.92. The summed E-state index contributed by atoms with van der Waals surface area (Å²) in [4.78, 5) is 4.46. The molecule has 4 nitrogen and oxygen atoms in total. The number of benzene rings is 2. The number of fused-ring (bicyclic) bond motifs is 1. The van der Waals surface area contributed by atoms with Gasteiger partial charge in [-0.3, -0.25) is 0 Å². The molecule has 1 N–H and O–H groups in total. The van der Waals surface area contributed by atoms with E-state index < -0.39 is 6.43 Å². The molecule has 1 aromatic heterocycles. The van der Waals surface area contributed by atoms with Crippen LogP contribution in [0.2, 0.25) is 0 Å². The van der Waals surface area contributed by atoms with E-state index in [0.717, 1.165) is 11.3 Å². The molecular formula is C19H18F2N2O2. The van der Waals surface area contributed by atoms with Crippen molar-refractivity contribution in [2.45, 2.75) is 13.0 Å². The number of nitrogens with zero attached hydrogens (tertiary/aromatic N) is 1. The van der Waals surface area contributed by atoms with Crippen LogP contribution in [0.4, 0.5) is 14.6 Å². The fourth-order valence-corrected chi connectivity index (χ4v) is 2.56. The molecule has 0 aliphatic carbocycles. The summed E-state index contributed by atoms with van der Waals surface area (Å²) in [5, 5.41) is 3.91. The zero-order valence-electron chi connectivity index (χ0n) is 13.9. The van der Waals surface area contributed by atoms with Gasteiger partial charge < -0.3 is 14.8 Å². The average molecular weight is 344 g/mol. The van der Waals surface area contributed by atoms with E-state index in [1.54, 1.807) is 32.4 Å². The van der Waals surface area contributed by atoms with Crippen LogP contribution in [-0.4, -0.2) is 19.2 Å². The Kier molecular flexibility index (Phi) is 4.97. The number of hydrogen-bond donors (Lipinski definition) is 1. The molecule has 0 saturated heterocycles. The van der Waals surface area contributed by atoms with Crippen molar-refractivity contribution in [3.8, 4) is 11.5 Å².